The lowest BCUT2D eigenvalue weighted by atomic mass is 9.89. The van der Waals surface area contributed by atoms with Crippen LogP contribution < -0.4 is 4.90 Å². The van der Waals surface area contributed by atoms with Gasteiger partial charge in [0.2, 0.25) is 0 Å². The predicted octanol–water partition coefficient (Wildman–Crippen LogP) is 3.50. The van der Waals surface area contributed by atoms with Crippen molar-refractivity contribution in [2.24, 2.45) is 0 Å². The zero-order chi connectivity index (χ0) is 16.7. The number of anilines is 1. The lowest BCUT2D eigenvalue weighted by molar-refractivity contribution is -0.151. The van der Waals surface area contributed by atoms with Crippen LogP contribution in [0.2, 0.25) is 0 Å². The van der Waals surface area contributed by atoms with E-state index in [2.05, 4.69) is 0 Å². The normalized spacial score (nSPS) is 25.8. The third kappa shape index (κ3) is 2.43. The van der Waals surface area contributed by atoms with Crippen LogP contribution in [0.3, 0.4) is 0 Å². The minimum atomic E-state index is -0.136. The van der Waals surface area contributed by atoms with Gasteiger partial charge in [0.05, 0.1) is 24.9 Å². The Bertz CT molecular complexity index is 756. The fourth-order valence-electron chi connectivity index (χ4n) is 3.64. The largest absolute Gasteiger partial charge is 0.371 e. The van der Waals surface area contributed by atoms with E-state index in [1.807, 2.05) is 67.3 Å². The van der Waals surface area contributed by atoms with Crippen LogP contribution in [0.1, 0.15) is 34.5 Å². The Morgan fingerprint density at radius 3 is 2.54 bits per heavy atom. The minimum absolute atomic E-state index is 0.00238. The Morgan fingerprint density at radius 2 is 1.75 bits per heavy atom. The number of rotatable bonds is 1. The quantitative estimate of drug-likeness (QED) is 0.806. The first kappa shape index (κ1) is 15.4. The highest BCUT2D eigenvalue weighted by atomic mass is 16.6. The van der Waals surface area contributed by atoms with Crippen LogP contribution in [0.25, 0.3) is 0 Å². The van der Waals surface area contributed by atoms with Gasteiger partial charge in [0.1, 0.15) is 12.2 Å². The molecule has 124 valence electrons. The number of para-hydroxylation sites is 1. The molecule has 0 saturated carbocycles. The zero-order valence-corrected chi connectivity index (χ0v) is 13.9. The number of nitrogens with zero attached hydrogens (tertiary/aromatic N) is 1. The van der Waals surface area contributed by atoms with E-state index in [9.17, 15) is 4.79 Å². The van der Waals surface area contributed by atoms with E-state index in [0.29, 0.717) is 18.8 Å². The smallest absolute Gasteiger partial charge is 0.258 e. The Kier molecular flexibility index (Phi) is 3.87. The van der Waals surface area contributed by atoms with E-state index in [1.54, 1.807) is 0 Å². The summed E-state index contributed by atoms with van der Waals surface area (Å²) < 4.78 is 11.9. The molecular weight excluding hydrogens is 302 g/mol. The van der Waals surface area contributed by atoms with Crippen LogP contribution >= 0.6 is 0 Å². The van der Waals surface area contributed by atoms with Gasteiger partial charge < -0.3 is 14.4 Å². The molecular formula is C20H21NO3. The summed E-state index contributed by atoms with van der Waals surface area (Å²) >= 11 is 0. The summed E-state index contributed by atoms with van der Waals surface area (Å²) in [7, 11) is 0. The fraction of sp³-hybridized carbons (Fsp3) is 0.350. The molecule has 2 aromatic rings. The maximum Gasteiger partial charge on any atom is 0.258 e. The molecule has 0 radical (unpaired) electrons. The molecule has 2 heterocycles. The summed E-state index contributed by atoms with van der Waals surface area (Å²) in [6.45, 7) is 5.22. The molecule has 1 fully saturated rings. The predicted molar refractivity (Wildman–Crippen MR) is 92.3 cm³/mol. The van der Waals surface area contributed by atoms with E-state index in [4.69, 9.17) is 9.47 Å². The summed E-state index contributed by atoms with van der Waals surface area (Å²) in [5.74, 6) is 0.00238. The van der Waals surface area contributed by atoms with Crippen LogP contribution in [0.5, 0.6) is 0 Å². The fourth-order valence-corrected chi connectivity index (χ4v) is 3.64. The average Bonchev–Trinajstić information content (AvgIpc) is 2.62. The monoisotopic (exact) mass is 323 g/mol. The van der Waals surface area contributed by atoms with E-state index in [1.165, 1.54) is 0 Å². The highest BCUT2D eigenvalue weighted by Gasteiger charge is 2.44. The molecule has 4 heteroatoms. The van der Waals surface area contributed by atoms with Crippen molar-refractivity contribution >= 4 is 11.6 Å². The second kappa shape index (κ2) is 6.04. The molecule has 0 N–H and O–H groups in total. The van der Waals surface area contributed by atoms with Crippen LogP contribution in [0.4, 0.5) is 5.69 Å². The molecule has 2 aromatic carbocycles. The van der Waals surface area contributed by atoms with Crippen molar-refractivity contribution in [3.63, 3.8) is 0 Å². The van der Waals surface area contributed by atoms with E-state index in [-0.39, 0.29) is 24.2 Å². The highest BCUT2D eigenvalue weighted by molar-refractivity contribution is 6.07. The number of aryl methyl sites for hydroxylation is 1. The number of amides is 1. The highest BCUT2D eigenvalue weighted by Crippen LogP contribution is 2.42. The summed E-state index contributed by atoms with van der Waals surface area (Å²) in [5, 5.41) is 0. The van der Waals surface area contributed by atoms with Gasteiger partial charge in [-0.15, -0.1) is 0 Å². The lowest BCUT2D eigenvalue weighted by Gasteiger charge is -2.46. The maximum atomic E-state index is 13.2. The second-order valence-electron chi connectivity index (χ2n) is 6.47. The van der Waals surface area contributed by atoms with Crippen LogP contribution in [0, 0.1) is 6.92 Å². The standard InChI is InChI=1S/C20H21NO3/c1-13-7-9-15(10-8-13)20(22)21-14(2)18-19(24-12-11-23-18)16-5-3-4-6-17(16)21/h3-10,14,18-19H,11-12H2,1-2H3/t14-,18-,19-/m0/s1. The van der Waals surface area contributed by atoms with Crippen molar-refractivity contribution in [3.8, 4) is 0 Å². The topological polar surface area (TPSA) is 38.8 Å². The molecule has 3 atom stereocenters. The van der Waals surface area contributed by atoms with Crippen molar-refractivity contribution in [2.75, 3.05) is 18.1 Å². The lowest BCUT2D eigenvalue weighted by Crippen LogP contribution is -2.54. The minimum Gasteiger partial charge on any atom is -0.371 e. The van der Waals surface area contributed by atoms with Gasteiger partial charge >= 0.3 is 0 Å². The van der Waals surface area contributed by atoms with Gasteiger partial charge in [0, 0.05) is 11.1 Å². The zero-order valence-electron chi connectivity index (χ0n) is 13.9. The molecule has 2 aliphatic rings. The Balaban J connectivity index is 1.78. The average molecular weight is 323 g/mol. The molecule has 0 aromatic heterocycles. The SMILES string of the molecule is Cc1ccc(C(=O)N2c3ccccc3[C@@H]3OCCO[C@H]3[C@@H]2C)cc1. The van der Waals surface area contributed by atoms with Crippen LogP contribution in [-0.4, -0.2) is 31.3 Å². The first-order valence-electron chi connectivity index (χ1n) is 8.39. The molecule has 4 nitrogen and oxygen atoms in total. The van der Waals surface area contributed by atoms with Crippen LogP contribution in [0.15, 0.2) is 48.5 Å². The molecule has 1 saturated heterocycles. The molecule has 1 amide bonds. The van der Waals surface area contributed by atoms with Gasteiger partial charge in [0.25, 0.3) is 5.91 Å². The van der Waals surface area contributed by atoms with Crippen molar-refractivity contribution in [1.82, 2.24) is 0 Å². The second-order valence-corrected chi connectivity index (χ2v) is 6.47. The number of benzene rings is 2. The van der Waals surface area contributed by atoms with Gasteiger partial charge in [-0.25, -0.2) is 0 Å². The summed E-state index contributed by atoms with van der Waals surface area (Å²) in [6, 6.07) is 15.6. The number of carbonyl (C=O) groups is 1. The van der Waals surface area contributed by atoms with E-state index < -0.39 is 0 Å². The Hall–Kier alpha value is -2.17. The Morgan fingerprint density at radius 1 is 1.04 bits per heavy atom. The number of carbonyl (C=O) groups excluding carboxylic acids is 1. The van der Waals surface area contributed by atoms with Crippen molar-refractivity contribution in [1.29, 1.82) is 0 Å². The van der Waals surface area contributed by atoms with E-state index >= 15 is 0 Å². The molecule has 24 heavy (non-hydrogen) atoms. The number of fused-ring (bicyclic) bond motifs is 3. The summed E-state index contributed by atoms with van der Waals surface area (Å²) in [4.78, 5) is 15.0. The van der Waals surface area contributed by atoms with Gasteiger partial charge in [-0.1, -0.05) is 35.9 Å². The van der Waals surface area contributed by atoms with Gasteiger partial charge in [-0.2, -0.15) is 0 Å². The number of ether oxygens (including phenoxy) is 2. The third-order valence-electron chi connectivity index (χ3n) is 4.89. The number of hydrogen-bond donors (Lipinski definition) is 0. The van der Waals surface area contributed by atoms with Gasteiger partial charge in [0.15, 0.2) is 0 Å². The molecule has 0 spiro atoms. The first-order valence-corrected chi connectivity index (χ1v) is 8.39. The van der Waals surface area contributed by atoms with Crippen molar-refractivity contribution in [2.45, 2.75) is 32.1 Å². The first-order chi connectivity index (χ1) is 11.7. The van der Waals surface area contributed by atoms with Crippen molar-refractivity contribution in [3.05, 3.63) is 65.2 Å². The molecule has 2 aliphatic heterocycles. The molecule has 0 aliphatic carbocycles. The number of hydrogen-bond acceptors (Lipinski definition) is 3. The van der Waals surface area contributed by atoms with Gasteiger partial charge in [-0.3, -0.25) is 4.79 Å². The summed E-state index contributed by atoms with van der Waals surface area (Å²) in [5.41, 5.74) is 3.78. The Labute approximate surface area is 142 Å². The van der Waals surface area contributed by atoms with Crippen molar-refractivity contribution < 1.29 is 14.3 Å². The summed E-state index contributed by atoms with van der Waals surface area (Å²) in [6.07, 6.45) is -0.241. The third-order valence-corrected chi connectivity index (χ3v) is 4.89. The maximum absolute atomic E-state index is 13.2. The van der Waals surface area contributed by atoms with E-state index in [0.717, 1.165) is 16.8 Å². The van der Waals surface area contributed by atoms with Crippen LogP contribution in [-0.2, 0) is 9.47 Å². The molecule has 0 bridgehead atoms. The molecule has 0 unspecified atom stereocenters. The molecule has 4 rings (SSSR count). The van der Waals surface area contributed by atoms with Gasteiger partial charge in [-0.05, 0) is 32.0 Å².